The van der Waals surface area contributed by atoms with Gasteiger partial charge in [-0.25, -0.2) is 4.79 Å². The summed E-state index contributed by atoms with van der Waals surface area (Å²) in [6.45, 7) is 2.68. The van der Waals surface area contributed by atoms with Crippen LogP contribution in [0.3, 0.4) is 0 Å². The van der Waals surface area contributed by atoms with E-state index in [0.29, 0.717) is 5.56 Å². The molecular formula is C19H28N4O6S. The van der Waals surface area contributed by atoms with Gasteiger partial charge in [-0.05, 0) is 19.4 Å². The number of hydrogen-bond acceptors (Lipinski definition) is 7. The van der Waals surface area contributed by atoms with Crippen molar-refractivity contribution in [2.24, 2.45) is 5.73 Å². The second-order valence-corrected chi connectivity index (χ2v) is 7.21. The van der Waals surface area contributed by atoms with Crippen molar-refractivity contribution >= 4 is 36.3 Å². The molecule has 3 amide bonds. The van der Waals surface area contributed by atoms with Crippen LogP contribution in [0.4, 0.5) is 0 Å². The van der Waals surface area contributed by atoms with E-state index in [2.05, 4.69) is 28.6 Å². The van der Waals surface area contributed by atoms with Gasteiger partial charge in [0.05, 0.1) is 12.1 Å². The van der Waals surface area contributed by atoms with E-state index in [1.54, 1.807) is 30.3 Å². The fourth-order valence-electron chi connectivity index (χ4n) is 2.47. The van der Waals surface area contributed by atoms with Gasteiger partial charge in [0.2, 0.25) is 17.7 Å². The highest BCUT2D eigenvalue weighted by molar-refractivity contribution is 7.80. The smallest absolute Gasteiger partial charge is 0.328 e. The van der Waals surface area contributed by atoms with Gasteiger partial charge in [-0.1, -0.05) is 30.3 Å². The lowest BCUT2D eigenvalue weighted by molar-refractivity contribution is -0.145. The van der Waals surface area contributed by atoms with Crippen LogP contribution in [0.2, 0.25) is 0 Å². The molecule has 0 aliphatic rings. The van der Waals surface area contributed by atoms with Crippen molar-refractivity contribution in [3.63, 3.8) is 0 Å². The summed E-state index contributed by atoms with van der Waals surface area (Å²) in [5.41, 5.74) is 6.20. The Balaban J connectivity index is 3.02. The maximum absolute atomic E-state index is 12.7. The molecule has 11 heteroatoms. The number of nitrogens with two attached hydrogens (primary N) is 1. The second kappa shape index (κ2) is 12.2. The number of aliphatic hydroxyl groups excluding tert-OH is 1. The summed E-state index contributed by atoms with van der Waals surface area (Å²) in [5.74, 6) is -3.50. The van der Waals surface area contributed by atoms with Gasteiger partial charge in [0.1, 0.15) is 12.1 Å². The van der Waals surface area contributed by atoms with Crippen LogP contribution in [0.15, 0.2) is 30.3 Å². The number of benzene rings is 1. The fourth-order valence-corrected chi connectivity index (χ4v) is 2.73. The summed E-state index contributed by atoms with van der Waals surface area (Å²) in [4.78, 5) is 48.4. The van der Waals surface area contributed by atoms with Gasteiger partial charge >= 0.3 is 5.97 Å². The minimum atomic E-state index is -1.55. The van der Waals surface area contributed by atoms with Crippen LogP contribution in [0.25, 0.3) is 0 Å². The first kappa shape index (κ1) is 25.4. The van der Waals surface area contributed by atoms with Crippen molar-refractivity contribution in [2.75, 3.05) is 5.75 Å². The Morgan fingerprint density at radius 3 is 1.97 bits per heavy atom. The van der Waals surface area contributed by atoms with Gasteiger partial charge in [0.25, 0.3) is 0 Å². The molecule has 5 atom stereocenters. The number of aliphatic hydroxyl groups is 1. The lowest BCUT2D eigenvalue weighted by Crippen LogP contribution is -2.59. The maximum atomic E-state index is 12.7. The number of carbonyl (C=O) groups excluding carboxylic acids is 3. The van der Waals surface area contributed by atoms with E-state index in [4.69, 9.17) is 5.73 Å². The van der Waals surface area contributed by atoms with Crippen LogP contribution in [-0.2, 0) is 25.6 Å². The van der Waals surface area contributed by atoms with Crippen molar-refractivity contribution in [1.29, 1.82) is 0 Å². The Kier molecular flexibility index (Phi) is 10.3. The molecule has 7 N–H and O–H groups in total. The topological polar surface area (TPSA) is 171 Å². The number of carboxylic acid groups (broad SMARTS) is 1. The predicted octanol–water partition coefficient (Wildman–Crippen LogP) is -1.57. The number of thiol groups is 1. The Morgan fingerprint density at radius 1 is 0.967 bits per heavy atom. The zero-order valence-corrected chi connectivity index (χ0v) is 17.6. The molecule has 0 fully saturated rings. The van der Waals surface area contributed by atoms with Gasteiger partial charge in [-0.2, -0.15) is 12.6 Å². The Hall–Kier alpha value is -2.63. The lowest BCUT2D eigenvalue weighted by Gasteiger charge is -2.25. The van der Waals surface area contributed by atoms with Crippen molar-refractivity contribution in [1.82, 2.24) is 16.0 Å². The van der Waals surface area contributed by atoms with E-state index < -0.39 is 54.0 Å². The summed E-state index contributed by atoms with van der Waals surface area (Å²) in [6, 6.07) is 4.17. The molecule has 1 aromatic carbocycles. The zero-order valence-electron chi connectivity index (χ0n) is 16.7. The van der Waals surface area contributed by atoms with Gasteiger partial charge in [-0.3, -0.25) is 14.4 Å². The number of amides is 3. The SMILES string of the molecule is CC(N)C(=O)NC(CS)C(=O)NC(Cc1ccccc1)C(=O)NC(C(=O)O)C(C)O. The minimum Gasteiger partial charge on any atom is -0.480 e. The standard InChI is InChI=1S/C19H28N4O6S/c1-10(20)16(25)22-14(9-30)18(27)21-13(8-12-6-4-3-5-7-12)17(26)23-15(11(2)24)19(28)29/h3-7,10-11,13-15,24,30H,8-9,20H2,1-2H3,(H,21,27)(H,22,25)(H,23,26)(H,28,29). The Morgan fingerprint density at radius 2 is 1.50 bits per heavy atom. The zero-order chi connectivity index (χ0) is 22.8. The number of rotatable bonds is 11. The molecule has 0 saturated carbocycles. The monoisotopic (exact) mass is 440 g/mol. The van der Waals surface area contributed by atoms with E-state index in [9.17, 15) is 29.4 Å². The molecule has 0 radical (unpaired) electrons. The number of carboxylic acids is 1. The number of aliphatic carboxylic acids is 1. The molecular weight excluding hydrogens is 412 g/mol. The molecule has 0 aromatic heterocycles. The Bertz CT molecular complexity index is 744. The summed E-state index contributed by atoms with van der Waals surface area (Å²) in [5, 5.41) is 26.0. The predicted molar refractivity (Wildman–Crippen MR) is 113 cm³/mol. The number of nitrogens with one attached hydrogen (secondary N) is 3. The molecule has 5 unspecified atom stereocenters. The highest BCUT2D eigenvalue weighted by atomic mass is 32.1. The molecule has 30 heavy (non-hydrogen) atoms. The molecule has 166 valence electrons. The highest BCUT2D eigenvalue weighted by Crippen LogP contribution is 2.06. The van der Waals surface area contributed by atoms with Crippen molar-refractivity contribution in [2.45, 2.75) is 50.5 Å². The van der Waals surface area contributed by atoms with Gasteiger partial charge in [-0.15, -0.1) is 0 Å². The maximum Gasteiger partial charge on any atom is 0.328 e. The van der Waals surface area contributed by atoms with Crippen molar-refractivity contribution in [3.05, 3.63) is 35.9 Å². The third-order valence-electron chi connectivity index (χ3n) is 4.19. The molecule has 0 saturated heterocycles. The van der Waals surface area contributed by atoms with Crippen molar-refractivity contribution < 1.29 is 29.4 Å². The van der Waals surface area contributed by atoms with E-state index in [1.165, 1.54) is 13.8 Å². The molecule has 0 aliphatic heterocycles. The molecule has 1 rings (SSSR count). The van der Waals surface area contributed by atoms with Crippen LogP contribution in [-0.4, -0.2) is 69.9 Å². The summed E-state index contributed by atoms with van der Waals surface area (Å²) < 4.78 is 0. The van der Waals surface area contributed by atoms with E-state index in [1.807, 2.05) is 0 Å². The molecule has 0 spiro atoms. The Labute approximate surface area is 180 Å². The van der Waals surface area contributed by atoms with Crippen LogP contribution in [0.5, 0.6) is 0 Å². The first-order chi connectivity index (χ1) is 14.1. The molecule has 0 aliphatic carbocycles. The van der Waals surface area contributed by atoms with Gasteiger partial charge in [0, 0.05) is 12.2 Å². The molecule has 1 aromatic rings. The second-order valence-electron chi connectivity index (χ2n) is 6.85. The third-order valence-corrected chi connectivity index (χ3v) is 4.56. The molecule has 0 bridgehead atoms. The summed E-state index contributed by atoms with van der Waals surface area (Å²) in [7, 11) is 0. The lowest BCUT2D eigenvalue weighted by atomic mass is 10.0. The average molecular weight is 441 g/mol. The first-order valence-electron chi connectivity index (χ1n) is 9.29. The minimum absolute atomic E-state index is 0.0462. The summed E-state index contributed by atoms with van der Waals surface area (Å²) >= 11 is 4.05. The highest BCUT2D eigenvalue weighted by Gasteiger charge is 2.31. The van der Waals surface area contributed by atoms with Crippen LogP contribution >= 0.6 is 12.6 Å². The normalized spacial score (nSPS) is 15.8. The van der Waals surface area contributed by atoms with E-state index in [0.717, 1.165) is 0 Å². The molecule has 0 heterocycles. The summed E-state index contributed by atoms with van der Waals surface area (Å²) in [6.07, 6.45) is -1.29. The average Bonchev–Trinajstić information content (AvgIpc) is 2.69. The van der Waals surface area contributed by atoms with Crippen LogP contribution < -0.4 is 21.7 Å². The number of carbonyl (C=O) groups is 4. The molecule has 10 nitrogen and oxygen atoms in total. The number of hydrogen-bond donors (Lipinski definition) is 7. The van der Waals surface area contributed by atoms with Crippen molar-refractivity contribution in [3.8, 4) is 0 Å². The van der Waals surface area contributed by atoms with Gasteiger partial charge < -0.3 is 31.9 Å². The van der Waals surface area contributed by atoms with E-state index in [-0.39, 0.29) is 12.2 Å². The van der Waals surface area contributed by atoms with Crippen LogP contribution in [0, 0.1) is 0 Å². The van der Waals surface area contributed by atoms with Crippen LogP contribution in [0.1, 0.15) is 19.4 Å². The fraction of sp³-hybridized carbons (Fsp3) is 0.474. The first-order valence-corrected chi connectivity index (χ1v) is 9.92. The van der Waals surface area contributed by atoms with Gasteiger partial charge in [0.15, 0.2) is 6.04 Å². The third kappa shape index (κ3) is 8.01. The largest absolute Gasteiger partial charge is 0.480 e. The quantitative estimate of drug-likeness (QED) is 0.204. The van der Waals surface area contributed by atoms with E-state index >= 15 is 0 Å².